The fraction of sp³-hybridized carbons (Fsp3) is 0.318. The van der Waals surface area contributed by atoms with Crippen LogP contribution in [0, 0.1) is 6.92 Å². The third-order valence-electron chi connectivity index (χ3n) is 4.79. The van der Waals surface area contributed by atoms with Crippen molar-refractivity contribution in [1.82, 2.24) is 9.21 Å². The minimum Gasteiger partial charge on any atom is -0.481 e. The Morgan fingerprint density at radius 3 is 2.38 bits per heavy atom. The first-order valence-corrected chi connectivity index (χ1v) is 11.1. The lowest BCUT2D eigenvalue weighted by Crippen LogP contribution is -2.52. The van der Waals surface area contributed by atoms with Crippen LogP contribution in [0.15, 0.2) is 60.0 Å². The summed E-state index contributed by atoms with van der Waals surface area (Å²) < 4.78 is 32.3. The second kappa shape index (κ2) is 9.24. The van der Waals surface area contributed by atoms with Gasteiger partial charge in [-0.1, -0.05) is 42.5 Å². The number of hydrogen-bond donors (Lipinski definition) is 0. The molecule has 1 saturated heterocycles. The van der Waals surface area contributed by atoms with E-state index in [4.69, 9.17) is 4.74 Å². The van der Waals surface area contributed by atoms with E-state index in [9.17, 15) is 13.2 Å². The molecule has 0 aliphatic carbocycles. The van der Waals surface area contributed by atoms with Gasteiger partial charge in [0.25, 0.3) is 5.91 Å². The zero-order chi connectivity index (χ0) is 20.9. The molecule has 1 aliphatic heterocycles. The van der Waals surface area contributed by atoms with Crippen molar-refractivity contribution in [3.8, 4) is 5.75 Å². The SMILES string of the molecule is Cc1cccc(OC(C)C(=O)N2CCN(S(=O)(=O)C=Cc3ccccc3)CC2)c1. The lowest BCUT2D eigenvalue weighted by atomic mass is 10.2. The third-order valence-corrected chi connectivity index (χ3v) is 6.36. The van der Waals surface area contributed by atoms with E-state index >= 15 is 0 Å². The van der Waals surface area contributed by atoms with Crippen molar-refractivity contribution in [3.63, 3.8) is 0 Å². The standard InChI is InChI=1S/C22H26N2O4S/c1-18-7-6-10-21(17-18)28-19(2)22(25)23-12-14-24(15-13-23)29(26,27)16-11-20-8-4-3-5-9-20/h3-11,16-17,19H,12-15H2,1-2H3. The molecular weight excluding hydrogens is 388 g/mol. The number of nitrogens with zero attached hydrogens (tertiary/aromatic N) is 2. The Morgan fingerprint density at radius 1 is 1.03 bits per heavy atom. The average molecular weight is 415 g/mol. The van der Waals surface area contributed by atoms with Crippen LogP contribution in [0.25, 0.3) is 6.08 Å². The van der Waals surface area contributed by atoms with Gasteiger partial charge in [0, 0.05) is 31.6 Å². The number of carbonyl (C=O) groups is 1. The molecule has 0 aromatic heterocycles. The molecule has 6 nitrogen and oxygen atoms in total. The minimum absolute atomic E-state index is 0.136. The van der Waals surface area contributed by atoms with Gasteiger partial charge in [0.15, 0.2) is 6.10 Å². The van der Waals surface area contributed by atoms with Gasteiger partial charge in [-0.3, -0.25) is 4.79 Å². The second-order valence-electron chi connectivity index (χ2n) is 7.06. The number of carbonyl (C=O) groups excluding carboxylic acids is 1. The maximum absolute atomic E-state index is 12.7. The van der Waals surface area contributed by atoms with Crippen molar-refractivity contribution in [1.29, 1.82) is 0 Å². The van der Waals surface area contributed by atoms with Gasteiger partial charge < -0.3 is 9.64 Å². The molecule has 1 amide bonds. The Balaban J connectivity index is 1.55. The van der Waals surface area contributed by atoms with Gasteiger partial charge in [-0.15, -0.1) is 0 Å². The molecule has 2 aromatic carbocycles. The first-order chi connectivity index (χ1) is 13.8. The molecule has 29 heavy (non-hydrogen) atoms. The number of piperazine rings is 1. The summed E-state index contributed by atoms with van der Waals surface area (Å²) in [4.78, 5) is 14.3. The van der Waals surface area contributed by atoms with Crippen LogP contribution in [0.3, 0.4) is 0 Å². The first-order valence-electron chi connectivity index (χ1n) is 9.60. The van der Waals surface area contributed by atoms with Crippen molar-refractivity contribution in [2.75, 3.05) is 26.2 Å². The van der Waals surface area contributed by atoms with Crippen LogP contribution in [-0.2, 0) is 14.8 Å². The largest absolute Gasteiger partial charge is 0.481 e. The van der Waals surface area contributed by atoms with E-state index in [1.165, 1.54) is 9.71 Å². The molecule has 1 fully saturated rings. The summed E-state index contributed by atoms with van der Waals surface area (Å²) in [6.07, 6.45) is 0.961. The predicted octanol–water partition coefficient (Wildman–Crippen LogP) is 2.91. The van der Waals surface area contributed by atoms with Crippen LogP contribution in [-0.4, -0.2) is 55.8 Å². The predicted molar refractivity (Wildman–Crippen MR) is 114 cm³/mol. The molecule has 0 bridgehead atoms. The smallest absolute Gasteiger partial charge is 0.263 e. The maximum Gasteiger partial charge on any atom is 0.263 e. The van der Waals surface area contributed by atoms with Gasteiger partial charge in [0.05, 0.1) is 0 Å². The van der Waals surface area contributed by atoms with Crippen LogP contribution < -0.4 is 4.74 Å². The molecule has 1 unspecified atom stereocenters. The molecule has 1 heterocycles. The van der Waals surface area contributed by atoms with Crippen LogP contribution >= 0.6 is 0 Å². The van der Waals surface area contributed by atoms with Gasteiger partial charge in [-0.25, -0.2) is 8.42 Å². The van der Waals surface area contributed by atoms with Crippen LogP contribution in [0.5, 0.6) is 5.75 Å². The zero-order valence-electron chi connectivity index (χ0n) is 16.7. The number of sulfonamides is 1. The molecule has 2 aromatic rings. The van der Waals surface area contributed by atoms with Crippen molar-refractivity contribution in [2.45, 2.75) is 20.0 Å². The van der Waals surface area contributed by atoms with Gasteiger partial charge in [0.2, 0.25) is 10.0 Å². The maximum atomic E-state index is 12.7. The lowest BCUT2D eigenvalue weighted by molar-refractivity contribution is -0.139. The molecule has 0 radical (unpaired) electrons. The van der Waals surface area contributed by atoms with Gasteiger partial charge in [0.1, 0.15) is 5.75 Å². The monoisotopic (exact) mass is 414 g/mol. The van der Waals surface area contributed by atoms with E-state index in [1.54, 1.807) is 17.9 Å². The summed E-state index contributed by atoms with van der Waals surface area (Å²) in [5.74, 6) is 0.515. The second-order valence-corrected chi connectivity index (χ2v) is 8.88. The molecule has 1 atom stereocenters. The summed E-state index contributed by atoms with van der Waals surface area (Å²) in [6, 6.07) is 16.8. The highest BCUT2D eigenvalue weighted by Crippen LogP contribution is 2.17. The van der Waals surface area contributed by atoms with E-state index in [2.05, 4.69) is 0 Å². The van der Waals surface area contributed by atoms with Crippen molar-refractivity contribution >= 4 is 22.0 Å². The van der Waals surface area contributed by atoms with E-state index < -0.39 is 16.1 Å². The highest BCUT2D eigenvalue weighted by molar-refractivity contribution is 7.92. The topological polar surface area (TPSA) is 66.9 Å². The number of ether oxygens (including phenoxy) is 1. The van der Waals surface area contributed by atoms with Gasteiger partial charge in [-0.2, -0.15) is 4.31 Å². The minimum atomic E-state index is -3.52. The number of benzene rings is 2. The van der Waals surface area contributed by atoms with E-state index in [0.29, 0.717) is 18.8 Å². The quantitative estimate of drug-likeness (QED) is 0.729. The fourth-order valence-corrected chi connectivity index (χ4v) is 4.35. The Hall–Kier alpha value is -2.64. The molecule has 0 saturated carbocycles. The molecule has 1 aliphatic rings. The average Bonchev–Trinajstić information content (AvgIpc) is 2.72. The molecule has 7 heteroatoms. The van der Waals surface area contributed by atoms with E-state index in [1.807, 2.05) is 61.5 Å². The third kappa shape index (κ3) is 5.68. The van der Waals surface area contributed by atoms with Crippen molar-refractivity contribution in [2.24, 2.45) is 0 Å². The highest BCUT2D eigenvalue weighted by atomic mass is 32.2. The Kier molecular flexibility index (Phi) is 6.71. The zero-order valence-corrected chi connectivity index (χ0v) is 17.5. The van der Waals surface area contributed by atoms with Crippen LogP contribution in [0.2, 0.25) is 0 Å². The highest BCUT2D eigenvalue weighted by Gasteiger charge is 2.30. The van der Waals surface area contributed by atoms with E-state index in [0.717, 1.165) is 11.1 Å². The Labute approximate surface area is 172 Å². The van der Waals surface area contributed by atoms with Crippen molar-refractivity contribution in [3.05, 3.63) is 71.1 Å². The summed E-state index contributed by atoms with van der Waals surface area (Å²) in [5, 5.41) is 1.23. The van der Waals surface area contributed by atoms with E-state index in [-0.39, 0.29) is 19.0 Å². The number of aryl methyl sites for hydroxylation is 1. The summed E-state index contributed by atoms with van der Waals surface area (Å²) >= 11 is 0. The number of rotatable bonds is 6. The molecule has 0 N–H and O–H groups in total. The fourth-order valence-electron chi connectivity index (χ4n) is 3.18. The molecule has 154 valence electrons. The Morgan fingerprint density at radius 2 is 1.72 bits per heavy atom. The van der Waals surface area contributed by atoms with Crippen LogP contribution in [0.4, 0.5) is 0 Å². The Bertz CT molecular complexity index is 965. The van der Waals surface area contributed by atoms with Crippen molar-refractivity contribution < 1.29 is 17.9 Å². The summed E-state index contributed by atoms with van der Waals surface area (Å²) in [6.45, 7) is 4.91. The molecular formula is C22H26N2O4S. The van der Waals surface area contributed by atoms with Gasteiger partial charge >= 0.3 is 0 Å². The number of amides is 1. The summed E-state index contributed by atoms with van der Waals surface area (Å²) in [5.41, 5.74) is 1.89. The molecule has 0 spiro atoms. The van der Waals surface area contributed by atoms with Gasteiger partial charge in [-0.05, 0) is 43.2 Å². The van der Waals surface area contributed by atoms with Crippen LogP contribution in [0.1, 0.15) is 18.1 Å². The normalized spacial score (nSPS) is 16.7. The first kappa shape index (κ1) is 21.1. The summed E-state index contributed by atoms with van der Waals surface area (Å²) in [7, 11) is -3.52. The molecule has 3 rings (SSSR count). The lowest BCUT2D eigenvalue weighted by Gasteiger charge is -2.34. The number of hydrogen-bond acceptors (Lipinski definition) is 4.